The summed E-state index contributed by atoms with van der Waals surface area (Å²) in [6.07, 6.45) is 0. The average molecular weight is 251 g/mol. The Morgan fingerprint density at radius 2 is 1.82 bits per heavy atom. The molecule has 0 aliphatic heterocycles. The molecule has 0 bridgehead atoms. The first kappa shape index (κ1) is 11.7. The molecule has 17 heavy (non-hydrogen) atoms. The normalized spacial score (nSPS) is 10.3. The lowest BCUT2D eigenvalue weighted by Gasteiger charge is -2.09. The fraction of sp³-hybridized carbons (Fsp3) is 0.167. The van der Waals surface area contributed by atoms with E-state index in [4.69, 9.17) is 16.3 Å². The molecule has 2 rings (SSSR count). The number of halogens is 1. The molecule has 1 aromatic carbocycles. The summed E-state index contributed by atoms with van der Waals surface area (Å²) in [7, 11) is 0. The lowest BCUT2D eigenvalue weighted by atomic mass is 10.1. The van der Waals surface area contributed by atoms with E-state index in [-0.39, 0.29) is 11.0 Å². The van der Waals surface area contributed by atoms with E-state index in [0.717, 1.165) is 11.1 Å². The second-order valence-electron chi connectivity index (χ2n) is 3.69. The highest BCUT2D eigenvalue weighted by Gasteiger charge is 2.10. The van der Waals surface area contributed by atoms with Crippen molar-refractivity contribution in [2.75, 3.05) is 0 Å². The summed E-state index contributed by atoms with van der Waals surface area (Å²) in [6, 6.07) is 8.82. The molecule has 2 aromatic rings. The zero-order valence-corrected chi connectivity index (χ0v) is 10.2. The molecule has 1 aromatic heterocycles. The van der Waals surface area contributed by atoms with Crippen LogP contribution in [-0.2, 0) is 0 Å². The largest absolute Gasteiger partial charge is 0.593 e. The smallest absolute Gasteiger partial charge is 0.313 e. The first-order valence-corrected chi connectivity index (χ1v) is 5.46. The van der Waals surface area contributed by atoms with Crippen LogP contribution in [0.4, 0.5) is 0 Å². The maximum atomic E-state index is 11.2. The summed E-state index contributed by atoms with van der Waals surface area (Å²) < 4.78 is 5.59. The molecule has 0 radical (unpaired) electrons. The lowest BCUT2D eigenvalue weighted by Crippen LogP contribution is -2.32. The van der Waals surface area contributed by atoms with Gasteiger partial charge in [0.25, 0.3) is 5.88 Å². The van der Waals surface area contributed by atoms with Crippen LogP contribution in [0.2, 0.25) is 5.15 Å². The first-order chi connectivity index (χ1) is 8.08. The van der Waals surface area contributed by atoms with E-state index in [0.29, 0.717) is 10.6 Å². The van der Waals surface area contributed by atoms with Crippen molar-refractivity contribution in [3.63, 3.8) is 0 Å². The molecule has 0 N–H and O–H groups in total. The summed E-state index contributed by atoms with van der Waals surface area (Å²) in [5.41, 5.74) is 1.97. The molecule has 1 heterocycles. The topological polar surface area (TPSA) is 49.1 Å². The maximum absolute atomic E-state index is 11.2. The molecule has 0 unspecified atom stereocenters. The van der Waals surface area contributed by atoms with Gasteiger partial charge < -0.3 is 9.94 Å². The van der Waals surface area contributed by atoms with Crippen molar-refractivity contribution in [1.29, 1.82) is 0 Å². The average Bonchev–Trinajstić information content (AvgIpc) is 2.28. The van der Waals surface area contributed by atoms with Crippen LogP contribution in [-0.4, -0.2) is 5.10 Å². The molecule has 0 saturated carbocycles. The lowest BCUT2D eigenvalue weighted by molar-refractivity contribution is -0.667. The van der Waals surface area contributed by atoms with E-state index in [9.17, 15) is 5.21 Å². The molecule has 5 heteroatoms. The number of rotatable bonds is 2. The van der Waals surface area contributed by atoms with Crippen LogP contribution in [0.1, 0.15) is 11.1 Å². The molecule has 88 valence electrons. The van der Waals surface area contributed by atoms with E-state index in [1.807, 2.05) is 32.0 Å². The Labute approximate surface area is 104 Å². The Hall–Kier alpha value is -1.81. The van der Waals surface area contributed by atoms with Gasteiger partial charge in [-0.05, 0) is 41.4 Å². The van der Waals surface area contributed by atoms with Crippen LogP contribution in [0.3, 0.4) is 0 Å². The Kier molecular flexibility index (Phi) is 3.15. The van der Waals surface area contributed by atoms with E-state index in [2.05, 4.69) is 5.10 Å². The van der Waals surface area contributed by atoms with Crippen molar-refractivity contribution in [3.05, 3.63) is 51.8 Å². The van der Waals surface area contributed by atoms with Gasteiger partial charge in [-0.1, -0.05) is 18.2 Å². The van der Waals surface area contributed by atoms with Crippen LogP contribution in [0, 0.1) is 19.1 Å². The Morgan fingerprint density at radius 3 is 2.41 bits per heavy atom. The highest BCUT2D eigenvalue weighted by molar-refractivity contribution is 6.28. The minimum absolute atomic E-state index is 0.0128. The van der Waals surface area contributed by atoms with Crippen LogP contribution >= 0.6 is 11.6 Å². The second kappa shape index (κ2) is 4.59. The summed E-state index contributed by atoms with van der Waals surface area (Å²) in [5, 5.41) is 14.9. The zero-order chi connectivity index (χ0) is 12.4. The number of hydrogen-bond acceptors (Lipinski definition) is 3. The maximum Gasteiger partial charge on any atom is 0.313 e. The number of hydrogen-bond donors (Lipinski definition) is 0. The predicted molar refractivity (Wildman–Crippen MR) is 64.2 cm³/mol. The minimum Gasteiger partial charge on any atom is -0.593 e. The first-order valence-electron chi connectivity index (χ1n) is 5.08. The quantitative estimate of drug-likeness (QED) is 0.608. The number of aryl methyl sites for hydroxylation is 2. The van der Waals surface area contributed by atoms with Crippen molar-refractivity contribution in [2.24, 2.45) is 0 Å². The Morgan fingerprint density at radius 1 is 1.18 bits per heavy atom. The van der Waals surface area contributed by atoms with Gasteiger partial charge in [0.1, 0.15) is 5.75 Å². The monoisotopic (exact) mass is 250 g/mol. The molecule has 0 aliphatic rings. The van der Waals surface area contributed by atoms with Crippen LogP contribution in [0.15, 0.2) is 30.3 Å². The van der Waals surface area contributed by atoms with Crippen molar-refractivity contribution in [2.45, 2.75) is 13.8 Å². The molecule has 0 aliphatic carbocycles. The third kappa shape index (κ3) is 2.47. The summed E-state index contributed by atoms with van der Waals surface area (Å²) in [5.74, 6) is 0.934. The highest BCUT2D eigenvalue weighted by atomic mass is 35.5. The molecular weight excluding hydrogens is 240 g/mol. The molecule has 0 saturated heterocycles. The molecule has 0 spiro atoms. The van der Waals surface area contributed by atoms with Crippen molar-refractivity contribution >= 4 is 11.6 Å². The fourth-order valence-corrected chi connectivity index (χ4v) is 1.59. The summed E-state index contributed by atoms with van der Waals surface area (Å²) in [4.78, 5) is 0.324. The predicted octanol–water partition coefficient (Wildman–Crippen LogP) is 2.78. The van der Waals surface area contributed by atoms with E-state index >= 15 is 0 Å². The van der Waals surface area contributed by atoms with Gasteiger partial charge in [0, 0.05) is 12.1 Å². The second-order valence-corrected chi connectivity index (χ2v) is 4.08. The van der Waals surface area contributed by atoms with E-state index in [1.165, 1.54) is 6.07 Å². The third-order valence-corrected chi connectivity index (χ3v) is 2.62. The van der Waals surface area contributed by atoms with Gasteiger partial charge in [-0.15, -0.1) is 0 Å². The van der Waals surface area contributed by atoms with Gasteiger partial charge in [0.05, 0.1) is 5.10 Å². The number of para-hydroxylation sites is 1. The molecule has 0 atom stereocenters. The van der Waals surface area contributed by atoms with Crippen molar-refractivity contribution in [1.82, 2.24) is 5.10 Å². The van der Waals surface area contributed by atoms with Gasteiger partial charge in [0.15, 0.2) is 0 Å². The van der Waals surface area contributed by atoms with E-state index < -0.39 is 0 Å². The van der Waals surface area contributed by atoms with Gasteiger partial charge in [-0.3, -0.25) is 0 Å². The Balaban J connectivity index is 2.35. The van der Waals surface area contributed by atoms with Crippen molar-refractivity contribution in [3.8, 4) is 11.6 Å². The number of ether oxygens (including phenoxy) is 1. The zero-order valence-electron chi connectivity index (χ0n) is 9.48. The molecular formula is C12H11ClN2O2. The number of benzene rings is 1. The Bertz CT molecular complexity index is 538. The molecule has 0 amide bonds. The standard InChI is InChI=1S/C12H11ClN2O2/c1-8-4-3-5-9(2)12(8)17-11-7-6-10(13)15(16)14-11/h3-7H,1-2H3. The van der Waals surface area contributed by atoms with E-state index in [1.54, 1.807) is 6.07 Å². The highest BCUT2D eigenvalue weighted by Crippen LogP contribution is 2.26. The van der Waals surface area contributed by atoms with Crippen LogP contribution in [0.25, 0.3) is 0 Å². The van der Waals surface area contributed by atoms with Gasteiger partial charge in [-0.2, -0.15) is 0 Å². The summed E-state index contributed by atoms with van der Waals surface area (Å²) in [6.45, 7) is 3.87. The van der Waals surface area contributed by atoms with Crippen LogP contribution in [0.5, 0.6) is 11.6 Å². The van der Waals surface area contributed by atoms with Gasteiger partial charge >= 0.3 is 5.15 Å². The van der Waals surface area contributed by atoms with Crippen LogP contribution < -0.4 is 9.58 Å². The third-order valence-electron chi connectivity index (χ3n) is 2.35. The molecule has 0 fully saturated rings. The summed E-state index contributed by atoms with van der Waals surface area (Å²) >= 11 is 5.58. The molecule has 4 nitrogen and oxygen atoms in total. The minimum atomic E-state index is 0.0128. The SMILES string of the molecule is Cc1cccc(C)c1Oc1ccc(Cl)[n+]([O-])n1. The van der Waals surface area contributed by atoms with Gasteiger partial charge in [-0.25, -0.2) is 0 Å². The number of aromatic nitrogens is 2. The van der Waals surface area contributed by atoms with Crippen molar-refractivity contribution < 1.29 is 9.58 Å². The number of nitrogens with zero attached hydrogens (tertiary/aromatic N) is 2. The van der Waals surface area contributed by atoms with Gasteiger partial charge in [0.2, 0.25) is 0 Å². The fourth-order valence-electron chi connectivity index (χ4n) is 1.49.